The van der Waals surface area contributed by atoms with Crippen LogP contribution < -0.4 is 5.32 Å². The van der Waals surface area contributed by atoms with Crippen molar-refractivity contribution in [1.82, 2.24) is 10.2 Å². The highest BCUT2D eigenvalue weighted by Gasteiger charge is 2.28. The van der Waals surface area contributed by atoms with Crippen molar-refractivity contribution in [2.45, 2.75) is 39.8 Å². The summed E-state index contributed by atoms with van der Waals surface area (Å²) < 4.78 is 0. The zero-order chi connectivity index (χ0) is 12.6. The molecule has 0 unspecified atom stereocenters. The van der Waals surface area contributed by atoms with Crippen LogP contribution in [0.1, 0.15) is 37.0 Å². The minimum atomic E-state index is 0.510. The summed E-state index contributed by atoms with van der Waals surface area (Å²) in [6, 6.07) is 7.08. The molecule has 2 heterocycles. The van der Waals surface area contributed by atoms with E-state index >= 15 is 0 Å². The molecular weight excluding hydrogens is 220 g/mol. The molecule has 2 heteroatoms. The molecule has 98 valence electrons. The Bertz CT molecular complexity index is 437. The average molecular weight is 244 g/mol. The van der Waals surface area contributed by atoms with Gasteiger partial charge in [-0.05, 0) is 48.0 Å². The van der Waals surface area contributed by atoms with Gasteiger partial charge in [0.1, 0.15) is 0 Å². The third-order valence-electron chi connectivity index (χ3n) is 4.32. The molecule has 1 saturated heterocycles. The van der Waals surface area contributed by atoms with Gasteiger partial charge < -0.3 is 5.32 Å². The summed E-state index contributed by atoms with van der Waals surface area (Å²) in [7, 11) is 0. The van der Waals surface area contributed by atoms with Crippen LogP contribution in [0.4, 0.5) is 0 Å². The lowest BCUT2D eigenvalue weighted by Crippen LogP contribution is -2.25. The smallest absolute Gasteiger partial charge is 0.0234 e. The maximum absolute atomic E-state index is 3.46. The molecule has 1 aromatic rings. The van der Waals surface area contributed by atoms with E-state index < -0.39 is 0 Å². The second kappa shape index (κ2) is 4.67. The van der Waals surface area contributed by atoms with Gasteiger partial charge in [-0.3, -0.25) is 4.90 Å². The van der Waals surface area contributed by atoms with Gasteiger partial charge in [-0.15, -0.1) is 0 Å². The minimum Gasteiger partial charge on any atom is -0.312 e. The normalized spacial score (nSPS) is 23.0. The molecule has 0 saturated carbocycles. The quantitative estimate of drug-likeness (QED) is 0.860. The van der Waals surface area contributed by atoms with Crippen molar-refractivity contribution in [2.75, 3.05) is 19.6 Å². The van der Waals surface area contributed by atoms with Crippen LogP contribution in [0.5, 0.6) is 0 Å². The van der Waals surface area contributed by atoms with Gasteiger partial charge in [0.15, 0.2) is 0 Å². The van der Waals surface area contributed by atoms with Crippen LogP contribution in [0.15, 0.2) is 18.2 Å². The molecule has 1 aromatic carbocycles. The van der Waals surface area contributed by atoms with Gasteiger partial charge >= 0.3 is 0 Å². The van der Waals surface area contributed by atoms with Crippen LogP contribution in [0.2, 0.25) is 0 Å². The van der Waals surface area contributed by atoms with Crippen LogP contribution in [0.25, 0.3) is 0 Å². The third-order valence-corrected chi connectivity index (χ3v) is 4.32. The SMILES string of the molecule is CC1(C)CCN(Cc2ccc3c(c2)CNCC3)C1. The molecule has 0 spiro atoms. The fourth-order valence-corrected chi connectivity index (χ4v) is 3.25. The number of nitrogens with zero attached hydrogens (tertiary/aromatic N) is 1. The van der Waals surface area contributed by atoms with E-state index in [0.717, 1.165) is 19.6 Å². The van der Waals surface area contributed by atoms with Gasteiger partial charge in [0, 0.05) is 19.6 Å². The lowest BCUT2D eigenvalue weighted by atomic mass is 9.93. The Hall–Kier alpha value is -0.860. The highest BCUT2D eigenvalue weighted by atomic mass is 15.1. The number of benzene rings is 1. The molecule has 0 aromatic heterocycles. The Morgan fingerprint density at radius 2 is 2.17 bits per heavy atom. The first-order valence-corrected chi connectivity index (χ1v) is 7.16. The molecule has 0 bridgehead atoms. The van der Waals surface area contributed by atoms with Gasteiger partial charge in [-0.2, -0.15) is 0 Å². The summed E-state index contributed by atoms with van der Waals surface area (Å²) in [5.41, 5.74) is 5.04. The van der Waals surface area contributed by atoms with Crippen molar-refractivity contribution < 1.29 is 0 Å². The Morgan fingerprint density at radius 1 is 1.28 bits per heavy atom. The molecular formula is C16H24N2. The van der Waals surface area contributed by atoms with Crippen molar-refractivity contribution in [2.24, 2.45) is 5.41 Å². The fraction of sp³-hybridized carbons (Fsp3) is 0.625. The fourth-order valence-electron chi connectivity index (χ4n) is 3.25. The molecule has 18 heavy (non-hydrogen) atoms. The Balaban J connectivity index is 1.70. The molecule has 1 fully saturated rings. The van der Waals surface area contributed by atoms with E-state index in [9.17, 15) is 0 Å². The summed E-state index contributed by atoms with van der Waals surface area (Å²) in [4.78, 5) is 2.60. The first-order chi connectivity index (χ1) is 8.62. The van der Waals surface area contributed by atoms with E-state index in [2.05, 4.69) is 42.3 Å². The standard InChI is InChI=1S/C16H24N2/c1-16(2)6-8-18(12-16)11-13-3-4-14-5-7-17-10-15(14)9-13/h3-4,9,17H,5-8,10-12H2,1-2H3. The minimum absolute atomic E-state index is 0.510. The van der Waals surface area contributed by atoms with Crippen molar-refractivity contribution in [3.8, 4) is 0 Å². The number of hydrogen-bond donors (Lipinski definition) is 1. The van der Waals surface area contributed by atoms with Crippen LogP contribution in [0, 0.1) is 5.41 Å². The Labute approximate surface area is 110 Å². The first kappa shape index (κ1) is 12.2. The number of fused-ring (bicyclic) bond motifs is 1. The van der Waals surface area contributed by atoms with E-state index in [0.29, 0.717) is 5.41 Å². The van der Waals surface area contributed by atoms with E-state index in [1.165, 1.54) is 37.1 Å². The predicted octanol–water partition coefficient (Wildman–Crippen LogP) is 2.56. The van der Waals surface area contributed by atoms with Gasteiger partial charge in [0.05, 0.1) is 0 Å². The van der Waals surface area contributed by atoms with Crippen LogP contribution in [-0.4, -0.2) is 24.5 Å². The van der Waals surface area contributed by atoms with Crippen LogP contribution in [0.3, 0.4) is 0 Å². The van der Waals surface area contributed by atoms with Gasteiger partial charge in [0.2, 0.25) is 0 Å². The van der Waals surface area contributed by atoms with Crippen molar-refractivity contribution >= 4 is 0 Å². The van der Waals surface area contributed by atoms with Crippen molar-refractivity contribution in [3.63, 3.8) is 0 Å². The van der Waals surface area contributed by atoms with E-state index in [4.69, 9.17) is 0 Å². The number of hydrogen-bond acceptors (Lipinski definition) is 2. The summed E-state index contributed by atoms with van der Waals surface area (Å²) in [5, 5.41) is 3.46. The zero-order valence-electron chi connectivity index (χ0n) is 11.6. The third kappa shape index (κ3) is 2.60. The molecule has 0 atom stereocenters. The first-order valence-electron chi connectivity index (χ1n) is 7.16. The highest BCUT2D eigenvalue weighted by Crippen LogP contribution is 2.30. The summed E-state index contributed by atoms with van der Waals surface area (Å²) >= 11 is 0. The van der Waals surface area contributed by atoms with Gasteiger partial charge in [-0.25, -0.2) is 0 Å². The molecule has 1 N–H and O–H groups in total. The number of nitrogens with one attached hydrogen (secondary N) is 1. The molecule has 0 amide bonds. The highest BCUT2D eigenvalue weighted by molar-refractivity contribution is 5.33. The van der Waals surface area contributed by atoms with Crippen molar-refractivity contribution in [1.29, 1.82) is 0 Å². The monoisotopic (exact) mass is 244 g/mol. The molecule has 0 radical (unpaired) electrons. The van der Waals surface area contributed by atoms with Gasteiger partial charge in [0.25, 0.3) is 0 Å². The molecule has 2 nitrogen and oxygen atoms in total. The second-order valence-corrected chi connectivity index (χ2v) is 6.65. The molecule has 0 aliphatic carbocycles. The van der Waals surface area contributed by atoms with Crippen LogP contribution in [-0.2, 0) is 19.5 Å². The Kier molecular flexibility index (Phi) is 3.16. The van der Waals surface area contributed by atoms with Gasteiger partial charge in [-0.1, -0.05) is 32.0 Å². The molecule has 3 rings (SSSR count). The lowest BCUT2D eigenvalue weighted by Gasteiger charge is -2.22. The van der Waals surface area contributed by atoms with E-state index in [1.54, 1.807) is 5.56 Å². The topological polar surface area (TPSA) is 15.3 Å². The van der Waals surface area contributed by atoms with Crippen molar-refractivity contribution in [3.05, 3.63) is 34.9 Å². The summed E-state index contributed by atoms with van der Waals surface area (Å²) in [6.07, 6.45) is 2.52. The summed E-state index contributed by atoms with van der Waals surface area (Å²) in [5.74, 6) is 0. The largest absolute Gasteiger partial charge is 0.312 e. The lowest BCUT2D eigenvalue weighted by molar-refractivity contribution is 0.284. The Morgan fingerprint density at radius 3 is 2.94 bits per heavy atom. The second-order valence-electron chi connectivity index (χ2n) is 6.65. The van der Waals surface area contributed by atoms with E-state index in [-0.39, 0.29) is 0 Å². The maximum atomic E-state index is 3.46. The number of likely N-dealkylation sites (tertiary alicyclic amines) is 1. The van der Waals surface area contributed by atoms with E-state index in [1.807, 2.05) is 0 Å². The predicted molar refractivity (Wildman–Crippen MR) is 75.5 cm³/mol. The van der Waals surface area contributed by atoms with Crippen LogP contribution >= 0.6 is 0 Å². The maximum Gasteiger partial charge on any atom is 0.0234 e. The molecule has 2 aliphatic heterocycles. The summed E-state index contributed by atoms with van der Waals surface area (Å²) in [6.45, 7) is 10.6. The zero-order valence-corrected chi connectivity index (χ0v) is 11.6. The average Bonchev–Trinajstić information content (AvgIpc) is 2.68. The molecule has 2 aliphatic rings. The number of rotatable bonds is 2.